The molecule has 1 fully saturated rings. The molecule has 24 heavy (non-hydrogen) atoms. The summed E-state index contributed by atoms with van der Waals surface area (Å²) in [6.45, 7) is 5.90. The average molecular weight is 328 g/mol. The number of hydrogen-bond acceptors (Lipinski definition) is 1. The van der Waals surface area contributed by atoms with Crippen molar-refractivity contribution in [1.29, 1.82) is 0 Å². The highest BCUT2D eigenvalue weighted by Crippen LogP contribution is 2.26. The molecule has 1 saturated heterocycles. The van der Waals surface area contributed by atoms with Gasteiger partial charge < -0.3 is 9.47 Å². The molecule has 2 heterocycles. The van der Waals surface area contributed by atoms with Crippen LogP contribution in [0.25, 0.3) is 0 Å². The van der Waals surface area contributed by atoms with E-state index in [2.05, 4.69) is 30.5 Å². The molecular weight excluding hydrogens is 303 g/mol. The van der Waals surface area contributed by atoms with E-state index in [9.17, 15) is 9.18 Å². The predicted molar refractivity (Wildman–Crippen MR) is 93.5 cm³/mol. The first-order chi connectivity index (χ1) is 11.5. The Bertz CT molecular complexity index is 695. The second-order valence-corrected chi connectivity index (χ2v) is 6.73. The summed E-state index contributed by atoms with van der Waals surface area (Å²) in [6, 6.07) is 11.3. The van der Waals surface area contributed by atoms with Gasteiger partial charge >= 0.3 is 0 Å². The first-order valence-corrected chi connectivity index (χ1v) is 8.71. The standard InChI is InChI=1S/C20H25FN2O/c1-15-6-7-16(2)23(15)19-10-12-22(13-11-19)20(24)9-8-17-4-3-5-18(21)14-17/h3-7,14,19H,8-13H2,1-2H3. The number of piperidine rings is 1. The maximum Gasteiger partial charge on any atom is 0.222 e. The SMILES string of the molecule is Cc1ccc(C)n1C1CCN(C(=O)CCc2cccc(F)c2)CC1. The number of nitrogens with zero attached hydrogens (tertiary/aromatic N) is 2. The van der Waals surface area contributed by atoms with Crippen LogP contribution in [0.5, 0.6) is 0 Å². The van der Waals surface area contributed by atoms with Gasteiger partial charge in [0.05, 0.1) is 0 Å². The normalized spacial score (nSPS) is 15.7. The second-order valence-electron chi connectivity index (χ2n) is 6.73. The molecule has 3 rings (SSSR count). The number of likely N-dealkylation sites (tertiary alicyclic amines) is 1. The Morgan fingerprint density at radius 3 is 2.42 bits per heavy atom. The zero-order valence-corrected chi connectivity index (χ0v) is 14.5. The molecule has 2 aromatic rings. The van der Waals surface area contributed by atoms with Crippen LogP contribution in [0.1, 0.15) is 42.3 Å². The fraction of sp³-hybridized carbons (Fsp3) is 0.450. The Hall–Kier alpha value is -2.10. The number of carbonyl (C=O) groups is 1. The molecule has 0 bridgehead atoms. The van der Waals surface area contributed by atoms with Crippen LogP contribution in [0.15, 0.2) is 36.4 Å². The van der Waals surface area contributed by atoms with Crippen LogP contribution >= 0.6 is 0 Å². The molecule has 128 valence electrons. The van der Waals surface area contributed by atoms with Crippen LogP contribution in [-0.2, 0) is 11.2 Å². The lowest BCUT2D eigenvalue weighted by Crippen LogP contribution is -2.39. The van der Waals surface area contributed by atoms with Gasteiger partial charge in [0.25, 0.3) is 0 Å². The third-order valence-corrected chi connectivity index (χ3v) is 5.02. The maximum atomic E-state index is 13.2. The Morgan fingerprint density at radius 2 is 1.79 bits per heavy atom. The minimum atomic E-state index is -0.238. The largest absolute Gasteiger partial charge is 0.346 e. The molecule has 1 aliphatic heterocycles. The molecule has 0 unspecified atom stereocenters. The van der Waals surface area contributed by atoms with Crippen molar-refractivity contribution in [3.05, 3.63) is 59.2 Å². The van der Waals surface area contributed by atoms with Gasteiger partial charge in [-0.2, -0.15) is 0 Å². The third-order valence-electron chi connectivity index (χ3n) is 5.02. The van der Waals surface area contributed by atoms with Gasteiger partial charge in [-0.15, -0.1) is 0 Å². The lowest BCUT2D eigenvalue weighted by Gasteiger charge is -2.34. The first kappa shape index (κ1) is 16.7. The van der Waals surface area contributed by atoms with Crippen molar-refractivity contribution in [1.82, 2.24) is 9.47 Å². The highest BCUT2D eigenvalue weighted by Gasteiger charge is 2.24. The summed E-state index contributed by atoms with van der Waals surface area (Å²) in [7, 11) is 0. The van der Waals surface area contributed by atoms with Gasteiger partial charge in [-0.3, -0.25) is 4.79 Å². The van der Waals surface area contributed by atoms with E-state index in [0.717, 1.165) is 31.5 Å². The number of amides is 1. The highest BCUT2D eigenvalue weighted by atomic mass is 19.1. The van der Waals surface area contributed by atoms with Crippen molar-refractivity contribution in [2.45, 2.75) is 45.6 Å². The second kappa shape index (κ2) is 7.20. The summed E-state index contributed by atoms with van der Waals surface area (Å²) in [6.07, 6.45) is 3.06. The minimum absolute atomic E-state index is 0.179. The number of hydrogen-bond donors (Lipinski definition) is 0. The summed E-state index contributed by atoms with van der Waals surface area (Å²) in [5.41, 5.74) is 3.48. The topological polar surface area (TPSA) is 25.2 Å². The van der Waals surface area contributed by atoms with Gasteiger partial charge in [0, 0.05) is 36.9 Å². The fourth-order valence-corrected chi connectivity index (χ4v) is 3.73. The summed E-state index contributed by atoms with van der Waals surface area (Å²) in [5, 5.41) is 0. The Balaban J connectivity index is 1.52. The number of benzene rings is 1. The van der Waals surface area contributed by atoms with E-state index in [1.54, 1.807) is 6.07 Å². The smallest absolute Gasteiger partial charge is 0.222 e. The van der Waals surface area contributed by atoms with Gasteiger partial charge in [0.1, 0.15) is 5.82 Å². The molecule has 0 atom stereocenters. The van der Waals surface area contributed by atoms with E-state index < -0.39 is 0 Å². The number of aryl methyl sites for hydroxylation is 3. The Kier molecular flexibility index (Phi) is 5.03. The van der Waals surface area contributed by atoms with E-state index in [-0.39, 0.29) is 11.7 Å². The molecule has 1 aromatic carbocycles. The summed E-state index contributed by atoms with van der Waals surface area (Å²) in [4.78, 5) is 14.4. The molecule has 1 aromatic heterocycles. The lowest BCUT2D eigenvalue weighted by atomic mass is 10.0. The molecule has 0 aliphatic carbocycles. The lowest BCUT2D eigenvalue weighted by molar-refractivity contribution is -0.132. The number of carbonyl (C=O) groups excluding carboxylic acids is 1. The zero-order valence-electron chi connectivity index (χ0n) is 14.5. The van der Waals surface area contributed by atoms with Gasteiger partial charge in [0.15, 0.2) is 0 Å². The van der Waals surface area contributed by atoms with Crippen LogP contribution < -0.4 is 0 Å². The van der Waals surface area contributed by atoms with Gasteiger partial charge in [-0.05, 0) is 62.9 Å². The number of rotatable bonds is 4. The molecule has 1 amide bonds. The number of halogens is 1. The molecule has 4 heteroatoms. The maximum absolute atomic E-state index is 13.2. The Morgan fingerprint density at radius 1 is 1.12 bits per heavy atom. The predicted octanol–water partition coefficient (Wildman–Crippen LogP) is 4.04. The van der Waals surface area contributed by atoms with Crippen molar-refractivity contribution in [3.8, 4) is 0 Å². The van der Waals surface area contributed by atoms with E-state index in [1.807, 2.05) is 11.0 Å². The van der Waals surface area contributed by atoms with Crippen molar-refractivity contribution < 1.29 is 9.18 Å². The van der Waals surface area contributed by atoms with Crippen molar-refractivity contribution in [2.75, 3.05) is 13.1 Å². The molecular formula is C20H25FN2O. The van der Waals surface area contributed by atoms with Crippen molar-refractivity contribution in [3.63, 3.8) is 0 Å². The summed E-state index contributed by atoms with van der Waals surface area (Å²) >= 11 is 0. The van der Waals surface area contributed by atoms with Crippen molar-refractivity contribution in [2.24, 2.45) is 0 Å². The fourth-order valence-electron chi connectivity index (χ4n) is 3.73. The first-order valence-electron chi connectivity index (χ1n) is 8.71. The van der Waals surface area contributed by atoms with E-state index in [0.29, 0.717) is 18.9 Å². The average Bonchev–Trinajstić information content (AvgIpc) is 2.92. The van der Waals surface area contributed by atoms with Crippen LogP contribution in [0.2, 0.25) is 0 Å². The summed E-state index contributed by atoms with van der Waals surface area (Å²) in [5.74, 6) is -0.0584. The van der Waals surface area contributed by atoms with E-state index in [1.165, 1.54) is 23.5 Å². The third kappa shape index (κ3) is 3.69. The summed E-state index contributed by atoms with van der Waals surface area (Å²) < 4.78 is 15.6. The molecule has 0 N–H and O–H groups in total. The van der Waals surface area contributed by atoms with Gasteiger partial charge in [-0.1, -0.05) is 12.1 Å². The molecule has 3 nitrogen and oxygen atoms in total. The molecule has 0 spiro atoms. The highest BCUT2D eigenvalue weighted by molar-refractivity contribution is 5.76. The minimum Gasteiger partial charge on any atom is -0.346 e. The molecule has 1 aliphatic rings. The molecule has 0 saturated carbocycles. The van der Waals surface area contributed by atoms with Crippen LogP contribution in [0.3, 0.4) is 0 Å². The molecule has 0 radical (unpaired) electrons. The van der Waals surface area contributed by atoms with E-state index in [4.69, 9.17) is 0 Å². The number of aromatic nitrogens is 1. The van der Waals surface area contributed by atoms with Crippen LogP contribution in [0, 0.1) is 19.7 Å². The Labute approximate surface area is 143 Å². The zero-order chi connectivity index (χ0) is 17.1. The van der Waals surface area contributed by atoms with Gasteiger partial charge in [0.2, 0.25) is 5.91 Å². The van der Waals surface area contributed by atoms with Crippen molar-refractivity contribution >= 4 is 5.91 Å². The van der Waals surface area contributed by atoms with Crippen LogP contribution in [0.4, 0.5) is 4.39 Å². The van der Waals surface area contributed by atoms with E-state index >= 15 is 0 Å². The van der Waals surface area contributed by atoms with Gasteiger partial charge in [-0.25, -0.2) is 4.39 Å². The monoisotopic (exact) mass is 328 g/mol. The van der Waals surface area contributed by atoms with Crippen LogP contribution in [-0.4, -0.2) is 28.5 Å². The quantitative estimate of drug-likeness (QED) is 0.831.